The molecule has 7 heteroatoms. The van der Waals surface area contributed by atoms with Gasteiger partial charge in [-0.2, -0.15) is 0 Å². The average molecular weight is 368 g/mol. The monoisotopic (exact) mass is 367 g/mol. The fraction of sp³-hybridized carbons (Fsp3) is 0.556. The third-order valence-electron chi connectivity index (χ3n) is 4.69. The number of aliphatic hydroxyl groups excluding tert-OH is 1. The number of benzene rings is 1. The Morgan fingerprint density at radius 3 is 2.64 bits per heavy atom. The summed E-state index contributed by atoms with van der Waals surface area (Å²) in [5.41, 5.74) is 10.7. The standard InChI is InChI=1S/C18H26ClN3O3/c19-14-8-4-7-13(11-14)17(24)21-22-18(25)16(23)15(20)10-9-12-5-2-1-3-6-12/h4,7-8,11-12,15-16,23H,1-3,5-6,9-10,20H2,(H,21,24)(H,22,25)/t15-,16+/m1/s1. The lowest BCUT2D eigenvalue weighted by molar-refractivity contribution is -0.131. The van der Waals surface area contributed by atoms with Gasteiger partial charge in [0.15, 0.2) is 0 Å². The number of halogens is 1. The van der Waals surface area contributed by atoms with Crippen molar-refractivity contribution in [3.8, 4) is 0 Å². The second kappa shape index (κ2) is 9.75. The molecule has 2 atom stereocenters. The maximum absolute atomic E-state index is 12.0. The lowest BCUT2D eigenvalue weighted by Crippen LogP contribution is -2.52. The summed E-state index contributed by atoms with van der Waals surface area (Å²) in [5, 5.41) is 10.5. The van der Waals surface area contributed by atoms with Crippen LogP contribution in [0.1, 0.15) is 55.3 Å². The number of carbonyl (C=O) groups is 2. The zero-order valence-corrected chi connectivity index (χ0v) is 15.0. The maximum atomic E-state index is 12.0. The van der Waals surface area contributed by atoms with Crippen molar-refractivity contribution in [2.24, 2.45) is 11.7 Å². The van der Waals surface area contributed by atoms with E-state index in [1.807, 2.05) is 0 Å². The van der Waals surface area contributed by atoms with Crippen LogP contribution in [0.4, 0.5) is 0 Å². The Morgan fingerprint density at radius 1 is 1.24 bits per heavy atom. The number of amides is 2. The molecule has 0 bridgehead atoms. The Labute approximate surface area is 153 Å². The fourth-order valence-corrected chi connectivity index (χ4v) is 3.34. The summed E-state index contributed by atoms with van der Waals surface area (Å²) in [4.78, 5) is 23.9. The molecule has 0 radical (unpaired) electrons. The molecule has 138 valence electrons. The van der Waals surface area contributed by atoms with Crippen LogP contribution >= 0.6 is 11.6 Å². The van der Waals surface area contributed by atoms with Crippen molar-refractivity contribution in [1.29, 1.82) is 0 Å². The highest BCUT2D eigenvalue weighted by Crippen LogP contribution is 2.27. The summed E-state index contributed by atoms with van der Waals surface area (Å²) >= 11 is 5.82. The van der Waals surface area contributed by atoms with E-state index in [-0.39, 0.29) is 0 Å². The third kappa shape index (κ3) is 6.30. The average Bonchev–Trinajstić information content (AvgIpc) is 2.64. The molecule has 1 aliphatic rings. The predicted molar refractivity (Wildman–Crippen MR) is 96.9 cm³/mol. The molecule has 0 aromatic heterocycles. The number of carbonyl (C=O) groups excluding carboxylic acids is 2. The van der Waals surface area contributed by atoms with Crippen molar-refractivity contribution < 1.29 is 14.7 Å². The number of nitrogens with two attached hydrogens (primary N) is 1. The van der Waals surface area contributed by atoms with E-state index in [0.29, 0.717) is 22.9 Å². The number of hydrazine groups is 1. The lowest BCUT2D eigenvalue weighted by atomic mass is 9.85. The lowest BCUT2D eigenvalue weighted by Gasteiger charge is -2.24. The van der Waals surface area contributed by atoms with E-state index in [1.165, 1.54) is 38.2 Å². The molecule has 1 saturated carbocycles. The van der Waals surface area contributed by atoms with Gasteiger partial charge in [0, 0.05) is 16.6 Å². The minimum Gasteiger partial charge on any atom is -0.382 e. The zero-order chi connectivity index (χ0) is 18.2. The quantitative estimate of drug-likeness (QED) is 0.578. The van der Waals surface area contributed by atoms with Gasteiger partial charge >= 0.3 is 0 Å². The molecule has 25 heavy (non-hydrogen) atoms. The Balaban J connectivity index is 1.74. The van der Waals surface area contributed by atoms with Crippen LogP contribution in [0.3, 0.4) is 0 Å². The second-order valence-electron chi connectivity index (χ2n) is 6.64. The number of rotatable bonds is 6. The van der Waals surface area contributed by atoms with Crippen LogP contribution in [0.2, 0.25) is 5.02 Å². The Morgan fingerprint density at radius 2 is 1.96 bits per heavy atom. The molecule has 1 aromatic rings. The molecule has 5 N–H and O–H groups in total. The van der Waals surface area contributed by atoms with Gasteiger partial charge in [-0.05, 0) is 37.0 Å². The summed E-state index contributed by atoms with van der Waals surface area (Å²) < 4.78 is 0. The van der Waals surface area contributed by atoms with Gasteiger partial charge in [0.05, 0.1) is 0 Å². The van der Waals surface area contributed by atoms with Crippen LogP contribution < -0.4 is 16.6 Å². The fourth-order valence-electron chi connectivity index (χ4n) is 3.15. The number of aliphatic hydroxyl groups is 1. The SMILES string of the molecule is N[C@H](CCC1CCCCC1)[C@H](O)C(=O)NNC(=O)c1cccc(Cl)c1. The van der Waals surface area contributed by atoms with E-state index in [0.717, 1.165) is 6.42 Å². The van der Waals surface area contributed by atoms with Gasteiger partial charge in [-0.1, -0.05) is 49.8 Å². The highest BCUT2D eigenvalue weighted by atomic mass is 35.5. The summed E-state index contributed by atoms with van der Waals surface area (Å²) in [6.07, 6.45) is 6.33. The highest BCUT2D eigenvalue weighted by Gasteiger charge is 2.24. The van der Waals surface area contributed by atoms with E-state index in [1.54, 1.807) is 18.2 Å². The first-order chi connectivity index (χ1) is 12.0. The first-order valence-corrected chi connectivity index (χ1v) is 9.14. The summed E-state index contributed by atoms with van der Waals surface area (Å²) in [5.74, 6) is -0.594. The van der Waals surface area contributed by atoms with Crippen molar-refractivity contribution in [1.82, 2.24) is 10.9 Å². The molecule has 1 aliphatic carbocycles. The van der Waals surface area contributed by atoms with Crippen molar-refractivity contribution >= 4 is 23.4 Å². The molecule has 0 aliphatic heterocycles. The van der Waals surface area contributed by atoms with E-state index in [2.05, 4.69) is 10.9 Å². The third-order valence-corrected chi connectivity index (χ3v) is 4.93. The zero-order valence-electron chi connectivity index (χ0n) is 14.2. The Hall–Kier alpha value is -1.63. The largest absolute Gasteiger partial charge is 0.382 e. The molecule has 0 unspecified atom stereocenters. The van der Waals surface area contributed by atoms with Gasteiger partial charge in [-0.3, -0.25) is 20.4 Å². The minimum absolute atomic E-state index is 0.309. The second-order valence-corrected chi connectivity index (χ2v) is 7.08. The summed E-state index contributed by atoms with van der Waals surface area (Å²) in [6.45, 7) is 0. The molecule has 1 aromatic carbocycles. The Bertz CT molecular complexity index is 591. The number of hydrogen-bond acceptors (Lipinski definition) is 4. The smallest absolute Gasteiger partial charge is 0.269 e. The number of hydrogen-bond donors (Lipinski definition) is 4. The van der Waals surface area contributed by atoms with Crippen LogP contribution in [-0.2, 0) is 4.79 Å². The predicted octanol–water partition coefficient (Wildman–Crippen LogP) is 2.15. The first-order valence-electron chi connectivity index (χ1n) is 8.77. The van der Waals surface area contributed by atoms with Crippen LogP contribution in [-0.4, -0.2) is 29.1 Å². The molecular formula is C18H26ClN3O3. The van der Waals surface area contributed by atoms with Gasteiger partial charge in [0.1, 0.15) is 6.10 Å². The van der Waals surface area contributed by atoms with Crippen molar-refractivity contribution in [3.63, 3.8) is 0 Å². The maximum Gasteiger partial charge on any atom is 0.269 e. The van der Waals surface area contributed by atoms with Crippen molar-refractivity contribution in [2.75, 3.05) is 0 Å². The molecule has 0 spiro atoms. The summed E-state index contributed by atoms with van der Waals surface area (Å²) in [6, 6.07) is 5.68. The molecule has 0 saturated heterocycles. The van der Waals surface area contributed by atoms with E-state index in [9.17, 15) is 14.7 Å². The molecular weight excluding hydrogens is 342 g/mol. The Kier molecular flexibility index (Phi) is 7.68. The van der Waals surface area contributed by atoms with Crippen LogP contribution in [0, 0.1) is 5.92 Å². The van der Waals surface area contributed by atoms with Gasteiger partial charge < -0.3 is 10.8 Å². The normalized spacial score (nSPS) is 17.6. The van der Waals surface area contributed by atoms with Gasteiger partial charge in [0.2, 0.25) is 0 Å². The van der Waals surface area contributed by atoms with E-state index >= 15 is 0 Å². The van der Waals surface area contributed by atoms with Crippen LogP contribution in [0.15, 0.2) is 24.3 Å². The van der Waals surface area contributed by atoms with Gasteiger partial charge in [-0.15, -0.1) is 0 Å². The summed E-state index contributed by atoms with van der Waals surface area (Å²) in [7, 11) is 0. The van der Waals surface area contributed by atoms with Crippen LogP contribution in [0.5, 0.6) is 0 Å². The molecule has 1 fully saturated rings. The van der Waals surface area contributed by atoms with Gasteiger partial charge in [0.25, 0.3) is 11.8 Å². The minimum atomic E-state index is -1.36. The van der Waals surface area contributed by atoms with Gasteiger partial charge in [-0.25, -0.2) is 0 Å². The topological polar surface area (TPSA) is 104 Å². The van der Waals surface area contributed by atoms with Crippen molar-refractivity contribution in [2.45, 2.75) is 57.1 Å². The first kappa shape index (κ1) is 19.7. The molecule has 2 rings (SSSR count). The van der Waals surface area contributed by atoms with E-state index in [4.69, 9.17) is 17.3 Å². The highest BCUT2D eigenvalue weighted by molar-refractivity contribution is 6.30. The number of nitrogens with one attached hydrogen (secondary N) is 2. The molecule has 6 nitrogen and oxygen atoms in total. The molecule has 2 amide bonds. The van der Waals surface area contributed by atoms with Crippen LogP contribution in [0.25, 0.3) is 0 Å². The molecule has 0 heterocycles. The van der Waals surface area contributed by atoms with E-state index < -0.39 is 24.0 Å². The van der Waals surface area contributed by atoms with Crippen molar-refractivity contribution in [3.05, 3.63) is 34.9 Å².